The highest BCUT2D eigenvalue weighted by molar-refractivity contribution is 5.49. The second-order valence-electron chi connectivity index (χ2n) is 6.75. The summed E-state index contributed by atoms with van der Waals surface area (Å²) in [5.74, 6) is -0.978. The van der Waals surface area contributed by atoms with Gasteiger partial charge in [0, 0.05) is 5.56 Å². The number of halogens is 2. The van der Waals surface area contributed by atoms with Gasteiger partial charge in [0.2, 0.25) is 0 Å². The molecule has 24 heavy (non-hydrogen) atoms. The maximum Gasteiger partial charge on any atom is 0.130 e. The number of hydrogen-bond acceptors (Lipinski definition) is 0. The van der Waals surface area contributed by atoms with Crippen LogP contribution in [0, 0.1) is 11.6 Å². The molecule has 0 aromatic heterocycles. The predicted octanol–water partition coefficient (Wildman–Crippen LogP) is 6.22. The fourth-order valence-electron chi connectivity index (χ4n) is 3.70. The molecule has 1 unspecified atom stereocenters. The molecule has 2 heteroatoms. The Bertz CT molecular complexity index is 723. The van der Waals surface area contributed by atoms with Crippen molar-refractivity contribution < 1.29 is 8.78 Å². The molecule has 0 N–H and O–H groups in total. The molecule has 1 aliphatic carbocycles. The lowest BCUT2D eigenvalue weighted by Crippen LogP contribution is -2.16. The zero-order valence-electron chi connectivity index (χ0n) is 14.2. The summed E-state index contributed by atoms with van der Waals surface area (Å²) in [7, 11) is 0. The fourth-order valence-corrected chi connectivity index (χ4v) is 3.70. The van der Waals surface area contributed by atoms with Gasteiger partial charge in [0.25, 0.3) is 0 Å². The Kier molecular flexibility index (Phi) is 5.13. The van der Waals surface area contributed by atoms with Gasteiger partial charge in [-0.25, -0.2) is 8.78 Å². The molecule has 0 nitrogen and oxygen atoms in total. The van der Waals surface area contributed by atoms with E-state index in [1.807, 2.05) is 0 Å². The lowest BCUT2D eigenvalue weighted by molar-refractivity contribution is 0.491. The summed E-state index contributed by atoms with van der Waals surface area (Å²) in [4.78, 5) is 0. The molecule has 0 fully saturated rings. The molecule has 0 amide bonds. The van der Waals surface area contributed by atoms with Gasteiger partial charge < -0.3 is 0 Å². The van der Waals surface area contributed by atoms with Crippen LogP contribution in [-0.2, 0) is 19.3 Å². The van der Waals surface area contributed by atoms with Crippen molar-refractivity contribution in [2.24, 2.45) is 0 Å². The Morgan fingerprint density at radius 2 is 1.88 bits per heavy atom. The SMILES string of the molecule is C=Cc1cc(F)c(C2CCc3cc(CCCC)ccc3C2)c(F)c1. The first-order chi connectivity index (χ1) is 11.6. The quantitative estimate of drug-likeness (QED) is 0.611. The number of unbranched alkanes of at least 4 members (excludes halogenated alkanes) is 1. The summed E-state index contributed by atoms with van der Waals surface area (Å²) in [6.45, 7) is 5.78. The molecule has 1 atom stereocenters. The van der Waals surface area contributed by atoms with Gasteiger partial charge in [-0.1, -0.05) is 44.2 Å². The van der Waals surface area contributed by atoms with Crippen LogP contribution in [-0.4, -0.2) is 0 Å². The molecule has 0 spiro atoms. The third-order valence-corrected chi connectivity index (χ3v) is 5.06. The van der Waals surface area contributed by atoms with E-state index in [0.29, 0.717) is 12.0 Å². The van der Waals surface area contributed by atoms with Crippen molar-refractivity contribution in [3.63, 3.8) is 0 Å². The van der Waals surface area contributed by atoms with E-state index in [2.05, 4.69) is 31.7 Å². The van der Waals surface area contributed by atoms with Gasteiger partial charge in [0.05, 0.1) is 0 Å². The van der Waals surface area contributed by atoms with E-state index in [4.69, 9.17) is 0 Å². The van der Waals surface area contributed by atoms with Gasteiger partial charge in [-0.2, -0.15) is 0 Å². The Labute approximate surface area is 143 Å². The van der Waals surface area contributed by atoms with E-state index in [9.17, 15) is 8.78 Å². The van der Waals surface area contributed by atoms with Crippen molar-refractivity contribution in [3.05, 3.63) is 76.4 Å². The summed E-state index contributed by atoms with van der Waals surface area (Å²) >= 11 is 0. The summed E-state index contributed by atoms with van der Waals surface area (Å²) in [6.07, 6.45) is 7.38. The molecule has 2 aromatic carbocycles. The molecule has 1 aliphatic rings. The summed E-state index contributed by atoms with van der Waals surface area (Å²) < 4.78 is 28.7. The van der Waals surface area contributed by atoms with Crippen molar-refractivity contribution in [2.45, 2.75) is 51.4 Å². The van der Waals surface area contributed by atoms with Crippen molar-refractivity contribution in [1.82, 2.24) is 0 Å². The highest BCUT2D eigenvalue weighted by atomic mass is 19.1. The smallest absolute Gasteiger partial charge is 0.130 e. The average Bonchev–Trinajstić information content (AvgIpc) is 2.59. The molecule has 0 radical (unpaired) electrons. The normalized spacial score (nSPS) is 16.7. The zero-order valence-corrected chi connectivity index (χ0v) is 14.2. The summed E-state index contributed by atoms with van der Waals surface area (Å²) in [6, 6.07) is 9.38. The van der Waals surface area contributed by atoms with E-state index in [0.717, 1.165) is 19.3 Å². The second-order valence-corrected chi connectivity index (χ2v) is 6.75. The van der Waals surface area contributed by atoms with Gasteiger partial charge in [-0.15, -0.1) is 0 Å². The van der Waals surface area contributed by atoms with Crippen LogP contribution in [0.5, 0.6) is 0 Å². The van der Waals surface area contributed by atoms with Crippen LogP contribution in [0.1, 0.15) is 59.9 Å². The summed E-state index contributed by atoms with van der Waals surface area (Å²) in [5, 5.41) is 0. The third-order valence-electron chi connectivity index (χ3n) is 5.06. The average molecular weight is 326 g/mol. The Morgan fingerprint density at radius 3 is 2.54 bits per heavy atom. The van der Waals surface area contributed by atoms with E-state index in [1.54, 1.807) is 0 Å². The molecular weight excluding hydrogens is 302 g/mol. The first kappa shape index (κ1) is 16.9. The van der Waals surface area contributed by atoms with Crippen LogP contribution in [0.15, 0.2) is 36.9 Å². The molecule has 0 bridgehead atoms. The van der Waals surface area contributed by atoms with Gasteiger partial charge in [0.1, 0.15) is 11.6 Å². The molecule has 0 heterocycles. The lowest BCUT2D eigenvalue weighted by atomic mass is 9.79. The number of fused-ring (bicyclic) bond motifs is 1. The molecule has 0 saturated heterocycles. The molecular formula is C22H24F2. The van der Waals surface area contributed by atoms with Gasteiger partial charge in [0.15, 0.2) is 0 Å². The van der Waals surface area contributed by atoms with Crippen molar-refractivity contribution in [1.29, 1.82) is 0 Å². The third kappa shape index (κ3) is 3.43. The number of hydrogen-bond donors (Lipinski definition) is 0. The highest BCUT2D eigenvalue weighted by Gasteiger charge is 2.25. The molecule has 0 saturated carbocycles. The van der Waals surface area contributed by atoms with Crippen LogP contribution in [0.25, 0.3) is 6.08 Å². The number of rotatable bonds is 5. The minimum atomic E-state index is -0.446. The Hall–Kier alpha value is -1.96. The molecule has 2 aromatic rings. The van der Waals surface area contributed by atoms with E-state index in [1.165, 1.54) is 47.7 Å². The van der Waals surface area contributed by atoms with Crippen LogP contribution >= 0.6 is 0 Å². The van der Waals surface area contributed by atoms with Crippen LogP contribution < -0.4 is 0 Å². The minimum absolute atomic E-state index is 0.0853. The first-order valence-electron chi connectivity index (χ1n) is 8.84. The largest absolute Gasteiger partial charge is 0.207 e. The van der Waals surface area contributed by atoms with E-state index in [-0.39, 0.29) is 11.5 Å². The van der Waals surface area contributed by atoms with Gasteiger partial charge >= 0.3 is 0 Å². The molecule has 3 rings (SSSR count). The van der Waals surface area contributed by atoms with Crippen molar-refractivity contribution in [2.75, 3.05) is 0 Å². The predicted molar refractivity (Wildman–Crippen MR) is 96.3 cm³/mol. The monoisotopic (exact) mass is 326 g/mol. The first-order valence-corrected chi connectivity index (χ1v) is 8.84. The van der Waals surface area contributed by atoms with Crippen LogP contribution in [0.4, 0.5) is 8.78 Å². The second kappa shape index (κ2) is 7.29. The van der Waals surface area contributed by atoms with Gasteiger partial charge in [-0.05, 0) is 72.4 Å². The number of aryl methyl sites for hydroxylation is 2. The molecule has 126 valence electrons. The highest BCUT2D eigenvalue weighted by Crippen LogP contribution is 2.36. The minimum Gasteiger partial charge on any atom is -0.207 e. The molecule has 0 aliphatic heterocycles. The van der Waals surface area contributed by atoms with Crippen LogP contribution in [0.2, 0.25) is 0 Å². The number of benzene rings is 2. The summed E-state index contributed by atoms with van der Waals surface area (Å²) in [5.41, 5.74) is 4.69. The zero-order chi connectivity index (χ0) is 17.1. The topological polar surface area (TPSA) is 0 Å². The van der Waals surface area contributed by atoms with Gasteiger partial charge in [-0.3, -0.25) is 0 Å². The standard InChI is InChI=1S/C22H24F2/c1-3-5-6-16-7-8-18-14-19(10-9-17(18)11-16)22-20(23)12-15(4-2)13-21(22)24/h4,7-8,11-13,19H,2-3,5-6,9-10,14H2,1H3. The maximum absolute atomic E-state index is 14.4. The van der Waals surface area contributed by atoms with Crippen molar-refractivity contribution >= 4 is 6.08 Å². The fraction of sp³-hybridized carbons (Fsp3) is 0.364. The lowest BCUT2D eigenvalue weighted by Gasteiger charge is -2.26. The van der Waals surface area contributed by atoms with E-state index >= 15 is 0 Å². The Morgan fingerprint density at radius 1 is 1.12 bits per heavy atom. The van der Waals surface area contributed by atoms with Crippen LogP contribution in [0.3, 0.4) is 0 Å². The van der Waals surface area contributed by atoms with Crippen molar-refractivity contribution in [3.8, 4) is 0 Å². The Balaban J connectivity index is 1.84. The maximum atomic E-state index is 14.4. The van der Waals surface area contributed by atoms with E-state index < -0.39 is 11.6 Å².